The summed E-state index contributed by atoms with van der Waals surface area (Å²) < 4.78 is 0. The Hall–Kier alpha value is -2.18. The van der Waals surface area contributed by atoms with Crippen LogP contribution in [0.3, 0.4) is 0 Å². The summed E-state index contributed by atoms with van der Waals surface area (Å²) in [6, 6.07) is 12.3. The topological polar surface area (TPSA) is 66.6 Å². The summed E-state index contributed by atoms with van der Waals surface area (Å²) >= 11 is 1.42. The molecule has 0 spiro atoms. The van der Waals surface area contributed by atoms with E-state index in [1.807, 2.05) is 11.0 Å². The second-order valence-electron chi connectivity index (χ2n) is 7.04. The van der Waals surface area contributed by atoms with Gasteiger partial charge >= 0.3 is 0 Å². The number of carbonyl (C=O) groups excluding carboxylic acids is 2. The first-order valence-electron chi connectivity index (χ1n) is 9.10. The Morgan fingerprint density at radius 2 is 1.85 bits per heavy atom. The number of hydrogen-bond donors (Lipinski definition) is 1. The quantitative estimate of drug-likeness (QED) is 0.881. The van der Waals surface area contributed by atoms with Gasteiger partial charge in [0.05, 0.1) is 10.9 Å². The molecule has 2 amide bonds. The molecule has 2 aliphatic heterocycles. The zero-order valence-electron chi connectivity index (χ0n) is 14.7. The molecule has 5 nitrogen and oxygen atoms in total. The van der Waals surface area contributed by atoms with Crippen molar-refractivity contribution >= 4 is 23.2 Å². The second kappa shape index (κ2) is 7.21. The molecule has 1 atom stereocenters. The Balaban J connectivity index is 1.36. The number of nitrogens with zero attached hydrogens (tertiary/aromatic N) is 2. The maximum absolute atomic E-state index is 12.8. The first kappa shape index (κ1) is 17.2. The van der Waals surface area contributed by atoms with Gasteiger partial charge in [-0.1, -0.05) is 24.3 Å². The number of carbonyl (C=O) groups is 2. The Labute approximate surface area is 157 Å². The molecule has 0 saturated carbocycles. The summed E-state index contributed by atoms with van der Waals surface area (Å²) in [4.78, 5) is 30.1. The lowest BCUT2D eigenvalue weighted by atomic mass is 10.1. The van der Waals surface area contributed by atoms with Crippen molar-refractivity contribution in [3.63, 3.8) is 0 Å². The molecular weight excluding hydrogens is 346 g/mol. The number of fused-ring (bicyclic) bond motifs is 1. The molecule has 0 radical (unpaired) electrons. The maximum Gasteiger partial charge on any atom is 0.258 e. The Bertz CT molecular complexity index is 807. The largest absolute Gasteiger partial charge is 0.365 e. The number of likely N-dealkylation sites (tertiary alicyclic amines) is 1. The molecule has 3 heterocycles. The highest BCUT2D eigenvalue weighted by Gasteiger charge is 2.31. The highest BCUT2D eigenvalue weighted by molar-refractivity contribution is 7.14. The fraction of sp³-hybridized carbons (Fsp3) is 0.400. The minimum Gasteiger partial charge on any atom is -0.365 e. The lowest BCUT2D eigenvalue weighted by Crippen LogP contribution is -2.32. The zero-order valence-corrected chi connectivity index (χ0v) is 15.5. The van der Waals surface area contributed by atoms with E-state index in [1.165, 1.54) is 22.5 Å². The first-order chi connectivity index (χ1) is 12.6. The lowest BCUT2D eigenvalue weighted by molar-refractivity contribution is -0.132. The molecule has 4 rings (SSSR count). The van der Waals surface area contributed by atoms with Gasteiger partial charge in [0.25, 0.3) is 5.91 Å². The van der Waals surface area contributed by atoms with Gasteiger partial charge in [-0.25, -0.2) is 0 Å². The Morgan fingerprint density at radius 1 is 1.12 bits per heavy atom. The van der Waals surface area contributed by atoms with Crippen molar-refractivity contribution in [3.05, 3.63) is 57.3 Å². The van der Waals surface area contributed by atoms with E-state index in [-0.39, 0.29) is 11.9 Å². The highest BCUT2D eigenvalue weighted by Crippen LogP contribution is 2.36. The third-order valence-corrected chi connectivity index (χ3v) is 6.52. The van der Waals surface area contributed by atoms with Crippen molar-refractivity contribution in [1.82, 2.24) is 9.80 Å². The lowest BCUT2D eigenvalue weighted by Gasteiger charge is -2.25. The predicted octanol–water partition coefficient (Wildman–Crippen LogP) is 2.92. The van der Waals surface area contributed by atoms with Gasteiger partial charge in [0, 0.05) is 37.5 Å². The molecule has 2 aromatic rings. The number of hydrogen-bond acceptors (Lipinski definition) is 4. The minimum atomic E-state index is -0.397. The standard InChI is InChI=1S/C20H23N3O2S/c21-20(25)18-8-7-17(26-18)16-6-3-10-23(16)19(24)9-11-22-12-14-4-1-2-5-15(14)13-22/h1-2,4-5,7-8,16H,3,6,9-13H2,(H2,21,25)/t16-/m0/s1. The van der Waals surface area contributed by atoms with Crippen LogP contribution in [0.15, 0.2) is 36.4 Å². The summed E-state index contributed by atoms with van der Waals surface area (Å²) in [6.07, 6.45) is 2.51. The van der Waals surface area contributed by atoms with E-state index in [1.54, 1.807) is 6.07 Å². The molecule has 1 fully saturated rings. The molecule has 1 aromatic carbocycles. The van der Waals surface area contributed by atoms with Crippen LogP contribution in [0.25, 0.3) is 0 Å². The highest BCUT2D eigenvalue weighted by atomic mass is 32.1. The monoisotopic (exact) mass is 369 g/mol. The average Bonchev–Trinajstić information content (AvgIpc) is 3.37. The number of rotatable bonds is 5. The molecule has 0 unspecified atom stereocenters. The first-order valence-corrected chi connectivity index (χ1v) is 9.91. The van der Waals surface area contributed by atoms with Crippen molar-refractivity contribution in [3.8, 4) is 0 Å². The van der Waals surface area contributed by atoms with Gasteiger partial charge in [-0.2, -0.15) is 0 Å². The Kier molecular flexibility index (Phi) is 4.78. The van der Waals surface area contributed by atoms with E-state index >= 15 is 0 Å². The molecule has 6 heteroatoms. The summed E-state index contributed by atoms with van der Waals surface area (Å²) in [5.41, 5.74) is 8.10. The van der Waals surface area contributed by atoms with Gasteiger partial charge in [-0.15, -0.1) is 11.3 Å². The van der Waals surface area contributed by atoms with Crippen LogP contribution in [0.2, 0.25) is 0 Å². The number of primary amides is 1. The van der Waals surface area contributed by atoms with Gasteiger partial charge in [0.15, 0.2) is 0 Å². The number of amides is 2. The smallest absolute Gasteiger partial charge is 0.258 e. The number of benzene rings is 1. The maximum atomic E-state index is 12.8. The van der Waals surface area contributed by atoms with Gasteiger partial charge in [0.1, 0.15) is 0 Å². The summed E-state index contributed by atoms with van der Waals surface area (Å²) in [5.74, 6) is -0.191. The van der Waals surface area contributed by atoms with Gasteiger partial charge < -0.3 is 10.6 Å². The van der Waals surface area contributed by atoms with Crippen LogP contribution in [-0.2, 0) is 17.9 Å². The molecule has 0 bridgehead atoms. The fourth-order valence-corrected chi connectivity index (χ4v) is 4.99. The van der Waals surface area contributed by atoms with Crippen molar-refractivity contribution in [2.75, 3.05) is 13.1 Å². The summed E-state index contributed by atoms with van der Waals surface area (Å²) in [5, 5.41) is 0. The van der Waals surface area contributed by atoms with E-state index in [2.05, 4.69) is 29.2 Å². The van der Waals surface area contributed by atoms with Crippen LogP contribution in [0.1, 0.15) is 51.0 Å². The second-order valence-corrected chi connectivity index (χ2v) is 8.16. The molecule has 2 N–H and O–H groups in total. The molecule has 136 valence electrons. The van der Waals surface area contributed by atoms with Crippen LogP contribution in [-0.4, -0.2) is 34.7 Å². The molecule has 1 aromatic heterocycles. The summed E-state index contributed by atoms with van der Waals surface area (Å²) in [7, 11) is 0. The van der Waals surface area contributed by atoms with Crippen LogP contribution < -0.4 is 5.73 Å². The van der Waals surface area contributed by atoms with Crippen LogP contribution in [0.4, 0.5) is 0 Å². The van der Waals surface area contributed by atoms with Gasteiger partial charge in [0.2, 0.25) is 5.91 Å². The van der Waals surface area contributed by atoms with E-state index < -0.39 is 5.91 Å². The van der Waals surface area contributed by atoms with E-state index in [4.69, 9.17) is 5.73 Å². The van der Waals surface area contributed by atoms with Crippen molar-refractivity contribution in [2.24, 2.45) is 5.73 Å². The fourth-order valence-electron chi connectivity index (χ4n) is 3.98. The van der Waals surface area contributed by atoms with Crippen LogP contribution in [0, 0.1) is 0 Å². The zero-order chi connectivity index (χ0) is 18.1. The van der Waals surface area contributed by atoms with Gasteiger partial charge in [-0.3, -0.25) is 14.5 Å². The molecular formula is C20H23N3O2S. The van der Waals surface area contributed by atoms with Crippen LogP contribution >= 0.6 is 11.3 Å². The summed E-state index contributed by atoms with van der Waals surface area (Å²) in [6.45, 7) is 3.45. The SMILES string of the molecule is NC(=O)c1ccc([C@@H]2CCCN2C(=O)CCN2Cc3ccccc3C2)s1. The normalized spacial score (nSPS) is 19.7. The average molecular weight is 369 g/mol. The predicted molar refractivity (Wildman–Crippen MR) is 102 cm³/mol. The van der Waals surface area contributed by atoms with E-state index in [9.17, 15) is 9.59 Å². The van der Waals surface area contributed by atoms with Crippen molar-refractivity contribution in [2.45, 2.75) is 38.4 Å². The van der Waals surface area contributed by atoms with Gasteiger partial charge in [-0.05, 0) is 36.1 Å². The molecule has 26 heavy (non-hydrogen) atoms. The third-order valence-electron chi connectivity index (χ3n) is 5.32. The third kappa shape index (κ3) is 3.39. The molecule has 0 aliphatic carbocycles. The number of nitrogens with two attached hydrogens (primary N) is 1. The van der Waals surface area contributed by atoms with E-state index in [0.717, 1.165) is 43.9 Å². The minimum absolute atomic E-state index is 0.0939. The van der Waals surface area contributed by atoms with E-state index in [0.29, 0.717) is 11.3 Å². The Morgan fingerprint density at radius 3 is 2.50 bits per heavy atom. The van der Waals surface area contributed by atoms with Crippen LogP contribution in [0.5, 0.6) is 0 Å². The molecule has 2 aliphatic rings. The van der Waals surface area contributed by atoms with Crippen molar-refractivity contribution in [1.29, 1.82) is 0 Å². The van der Waals surface area contributed by atoms with Crippen molar-refractivity contribution < 1.29 is 9.59 Å². The number of thiophene rings is 1. The molecule has 1 saturated heterocycles.